The van der Waals surface area contributed by atoms with Gasteiger partial charge in [0.05, 0.1) is 6.61 Å². The van der Waals surface area contributed by atoms with Crippen molar-refractivity contribution in [3.8, 4) is 0 Å². The molecule has 0 fully saturated rings. The molecule has 0 heterocycles. The van der Waals surface area contributed by atoms with Crippen molar-refractivity contribution in [3.63, 3.8) is 0 Å². The lowest BCUT2D eigenvalue weighted by molar-refractivity contribution is 0.281. The van der Waals surface area contributed by atoms with E-state index < -0.39 is 0 Å². The van der Waals surface area contributed by atoms with E-state index in [4.69, 9.17) is 10.8 Å². The number of aliphatic hydroxyl groups excluding tert-OH is 1. The Bertz CT molecular complexity index is 372. The Morgan fingerprint density at radius 1 is 1.33 bits per heavy atom. The third-order valence-electron chi connectivity index (χ3n) is 2.03. The van der Waals surface area contributed by atoms with Gasteiger partial charge in [0.2, 0.25) is 0 Å². The van der Waals surface area contributed by atoms with Gasteiger partial charge in [-0.25, -0.2) is 0 Å². The van der Waals surface area contributed by atoms with E-state index in [1.54, 1.807) is 6.08 Å². The van der Waals surface area contributed by atoms with Gasteiger partial charge < -0.3 is 10.8 Å². The molecular formula is C12H15NOS. The van der Waals surface area contributed by atoms with Gasteiger partial charge in [-0.1, -0.05) is 24.3 Å². The molecule has 0 aliphatic rings. The van der Waals surface area contributed by atoms with E-state index in [-0.39, 0.29) is 6.61 Å². The highest BCUT2D eigenvalue weighted by atomic mass is 32.1. The van der Waals surface area contributed by atoms with Crippen LogP contribution in [0, 0.1) is 0 Å². The number of allylic oxidation sites excluding steroid dienone is 3. The van der Waals surface area contributed by atoms with Crippen LogP contribution in [0.1, 0.15) is 11.1 Å². The minimum absolute atomic E-state index is 0.0551. The van der Waals surface area contributed by atoms with Crippen molar-refractivity contribution >= 4 is 12.6 Å². The second-order valence-corrected chi connectivity index (χ2v) is 3.62. The minimum Gasteiger partial charge on any atom is -0.405 e. The second-order valence-electron chi connectivity index (χ2n) is 3.14. The zero-order valence-corrected chi connectivity index (χ0v) is 9.32. The summed E-state index contributed by atoms with van der Waals surface area (Å²) in [5, 5.41) is 8.93. The van der Waals surface area contributed by atoms with E-state index in [2.05, 4.69) is 12.6 Å². The number of aliphatic hydroxyl groups is 1. The zero-order chi connectivity index (χ0) is 11.1. The summed E-state index contributed by atoms with van der Waals surface area (Å²) in [4.78, 5) is 0.905. The van der Waals surface area contributed by atoms with E-state index >= 15 is 0 Å². The van der Waals surface area contributed by atoms with Crippen LogP contribution < -0.4 is 5.73 Å². The monoisotopic (exact) mass is 221 g/mol. The van der Waals surface area contributed by atoms with Gasteiger partial charge in [-0.15, -0.1) is 12.6 Å². The fourth-order valence-corrected chi connectivity index (χ4v) is 1.55. The fraction of sp³-hybridized carbons (Fsp3) is 0.167. The number of hydrogen-bond donors (Lipinski definition) is 3. The van der Waals surface area contributed by atoms with Gasteiger partial charge in [0, 0.05) is 4.90 Å². The van der Waals surface area contributed by atoms with Crippen LogP contribution in [0.15, 0.2) is 47.5 Å². The maximum atomic E-state index is 8.93. The first kappa shape index (κ1) is 11.9. The molecule has 2 nitrogen and oxygen atoms in total. The van der Waals surface area contributed by atoms with Crippen molar-refractivity contribution < 1.29 is 5.11 Å². The molecule has 0 aromatic heterocycles. The Hall–Kier alpha value is -1.19. The highest BCUT2D eigenvalue weighted by molar-refractivity contribution is 7.80. The molecule has 0 saturated carbocycles. The molecule has 15 heavy (non-hydrogen) atoms. The molecule has 3 heteroatoms. The van der Waals surface area contributed by atoms with Crippen LogP contribution >= 0.6 is 12.6 Å². The van der Waals surface area contributed by atoms with Crippen molar-refractivity contribution in [1.29, 1.82) is 0 Å². The minimum atomic E-state index is 0.0551. The van der Waals surface area contributed by atoms with Crippen LogP contribution in [0.4, 0.5) is 0 Å². The summed E-state index contributed by atoms with van der Waals surface area (Å²) in [6, 6.07) is 5.76. The summed E-state index contributed by atoms with van der Waals surface area (Å²) >= 11 is 4.36. The largest absolute Gasteiger partial charge is 0.405 e. The molecule has 80 valence electrons. The summed E-state index contributed by atoms with van der Waals surface area (Å²) in [5.74, 6) is 0. The average Bonchev–Trinajstić information content (AvgIpc) is 2.26. The molecule has 0 atom stereocenters. The Labute approximate surface area is 95.5 Å². The Balaban J connectivity index is 2.70. The first-order chi connectivity index (χ1) is 7.27. The Morgan fingerprint density at radius 2 is 2.13 bits per heavy atom. The summed E-state index contributed by atoms with van der Waals surface area (Å²) in [6.07, 6.45) is 7.99. The van der Waals surface area contributed by atoms with Gasteiger partial charge in [-0.3, -0.25) is 0 Å². The predicted molar refractivity (Wildman–Crippen MR) is 65.8 cm³/mol. The van der Waals surface area contributed by atoms with Crippen LogP contribution in [-0.2, 0) is 13.0 Å². The number of nitrogens with two attached hydrogens (primary N) is 1. The number of benzene rings is 1. The Kier molecular flexibility index (Phi) is 5.01. The van der Waals surface area contributed by atoms with Gasteiger partial charge in [0.1, 0.15) is 0 Å². The van der Waals surface area contributed by atoms with E-state index in [0.717, 1.165) is 22.4 Å². The summed E-state index contributed by atoms with van der Waals surface area (Å²) in [6.45, 7) is 0.0551. The van der Waals surface area contributed by atoms with E-state index in [0.29, 0.717) is 0 Å². The number of rotatable bonds is 4. The third-order valence-corrected chi connectivity index (χ3v) is 2.44. The molecule has 1 aromatic carbocycles. The second kappa shape index (κ2) is 6.32. The van der Waals surface area contributed by atoms with Crippen molar-refractivity contribution in [1.82, 2.24) is 0 Å². The normalized spacial score (nSPS) is 11.6. The SMILES string of the molecule is N/C=C\C=C/Cc1ccc(CO)cc1S. The Morgan fingerprint density at radius 3 is 2.73 bits per heavy atom. The maximum absolute atomic E-state index is 8.93. The molecule has 0 radical (unpaired) electrons. The zero-order valence-electron chi connectivity index (χ0n) is 8.43. The fourth-order valence-electron chi connectivity index (χ4n) is 1.22. The van der Waals surface area contributed by atoms with Crippen LogP contribution in [-0.4, -0.2) is 5.11 Å². The highest BCUT2D eigenvalue weighted by Crippen LogP contribution is 2.17. The number of hydrogen-bond acceptors (Lipinski definition) is 3. The number of thiol groups is 1. The quantitative estimate of drug-likeness (QED) is 0.538. The van der Waals surface area contributed by atoms with Gasteiger partial charge >= 0.3 is 0 Å². The van der Waals surface area contributed by atoms with E-state index in [1.807, 2.05) is 30.4 Å². The predicted octanol–water partition coefficient (Wildman–Crippen LogP) is 2.04. The standard InChI is InChI=1S/C12H15NOS/c13-7-3-1-2-4-11-6-5-10(9-14)8-12(11)15/h1-3,5-8,14-15H,4,9,13H2/b2-1-,7-3-. The topological polar surface area (TPSA) is 46.2 Å². The molecule has 1 aromatic rings. The molecule has 0 unspecified atom stereocenters. The summed E-state index contributed by atoms with van der Waals surface area (Å²) in [5.41, 5.74) is 7.22. The van der Waals surface area contributed by atoms with Crippen LogP contribution in [0.3, 0.4) is 0 Å². The lowest BCUT2D eigenvalue weighted by Crippen LogP contribution is -1.88. The molecular weight excluding hydrogens is 206 g/mol. The van der Waals surface area contributed by atoms with Crippen molar-refractivity contribution in [2.75, 3.05) is 0 Å². The molecule has 0 aliphatic heterocycles. The van der Waals surface area contributed by atoms with Crippen LogP contribution in [0.5, 0.6) is 0 Å². The summed E-state index contributed by atoms with van der Waals surface area (Å²) < 4.78 is 0. The summed E-state index contributed by atoms with van der Waals surface area (Å²) in [7, 11) is 0. The van der Waals surface area contributed by atoms with E-state index in [9.17, 15) is 0 Å². The van der Waals surface area contributed by atoms with E-state index in [1.165, 1.54) is 6.20 Å². The molecule has 0 saturated heterocycles. The molecule has 3 N–H and O–H groups in total. The van der Waals surface area contributed by atoms with Gasteiger partial charge in [0.15, 0.2) is 0 Å². The van der Waals surface area contributed by atoms with Crippen molar-refractivity contribution in [3.05, 3.63) is 53.8 Å². The molecule has 0 bridgehead atoms. The van der Waals surface area contributed by atoms with Crippen molar-refractivity contribution in [2.45, 2.75) is 17.9 Å². The molecule has 0 amide bonds. The smallest absolute Gasteiger partial charge is 0.0682 e. The van der Waals surface area contributed by atoms with Gasteiger partial charge in [-0.05, 0) is 35.9 Å². The highest BCUT2D eigenvalue weighted by Gasteiger charge is 1.98. The van der Waals surface area contributed by atoms with Crippen LogP contribution in [0.25, 0.3) is 0 Å². The lowest BCUT2D eigenvalue weighted by Gasteiger charge is -2.03. The third kappa shape index (κ3) is 3.81. The van der Waals surface area contributed by atoms with Crippen LogP contribution in [0.2, 0.25) is 0 Å². The molecule has 0 spiro atoms. The average molecular weight is 221 g/mol. The van der Waals surface area contributed by atoms with Crippen molar-refractivity contribution in [2.24, 2.45) is 5.73 Å². The molecule has 0 aliphatic carbocycles. The van der Waals surface area contributed by atoms with Gasteiger partial charge in [0.25, 0.3) is 0 Å². The first-order valence-corrected chi connectivity index (χ1v) is 5.17. The maximum Gasteiger partial charge on any atom is 0.0682 e. The first-order valence-electron chi connectivity index (χ1n) is 4.73. The van der Waals surface area contributed by atoms with Gasteiger partial charge in [-0.2, -0.15) is 0 Å². The lowest BCUT2D eigenvalue weighted by atomic mass is 10.1. The molecule has 1 rings (SSSR count).